The van der Waals surface area contributed by atoms with Crippen LogP contribution in [0.3, 0.4) is 0 Å². The van der Waals surface area contributed by atoms with Crippen LogP contribution in [0, 0.1) is 0 Å². The highest BCUT2D eigenvalue weighted by atomic mass is 32.2. The Balaban J connectivity index is 1.67. The van der Waals surface area contributed by atoms with Gasteiger partial charge in [-0.3, -0.25) is 14.6 Å². The Kier molecular flexibility index (Phi) is 6.11. The molecule has 1 aromatic rings. The first-order valence-corrected chi connectivity index (χ1v) is 11.1. The molecule has 27 heavy (non-hydrogen) atoms. The number of rotatable bonds is 6. The Morgan fingerprint density at radius 3 is 2.81 bits per heavy atom. The van der Waals surface area contributed by atoms with Gasteiger partial charge < -0.3 is 15.0 Å². The van der Waals surface area contributed by atoms with Gasteiger partial charge in [0, 0.05) is 37.5 Å². The van der Waals surface area contributed by atoms with Crippen molar-refractivity contribution in [3.8, 4) is 0 Å². The predicted molar refractivity (Wildman–Crippen MR) is 99.3 cm³/mol. The van der Waals surface area contributed by atoms with Crippen LogP contribution in [0.4, 0.5) is 0 Å². The molecule has 0 saturated carbocycles. The number of nitrogens with one attached hydrogen (secondary N) is 1. The van der Waals surface area contributed by atoms with Crippen molar-refractivity contribution in [2.24, 2.45) is 0 Å². The lowest BCUT2D eigenvalue weighted by Gasteiger charge is -2.26. The minimum absolute atomic E-state index is 0.0197. The average Bonchev–Trinajstić information content (AvgIpc) is 3.30. The van der Waals surface area contributed by atoms with Crippen LogP contribution in [0.1, 0.15) is 47.0 Å². The Morgan fingerprint density at radius 1 is 1.37 bits per heavy atom. The van der Waals surface area contributed by atoms with E-state index in [-0.39, 0.29) is 41.2 Å². The van der Waals surface area contributed by atoms with Crippen molar-refractivity contribution in [3.05, 3.63) is 29.6 Å². The summed E-state index contributed by atoms with van der Waals surface area (Å²) < 4.78 is 28.9. The molecule has 1 N–H and O–H groups in total. The van der Waals surface area contributed by atoms with Crippen molar-refractivity contribution < 1.29 is 22.7 Å². The van der Waals surface area contributed by atoms with Crippen LogP contribution in [-0.2, 0) is 14.6 Å². The maximum Gasteiger partial charge on any atom is 0.272 e. The fourth-order valence-electron chi connectivity index (χ4n) is 3.54. The van der Waals surface area contributed by atoms with E-state index in [1.807, 2.05) is 0 Å². The molecule has 3 rings (SSSR count). The third kappa shape index (κ3) is 4.84. The van der Waals surface area contributed by atoms with Crippen LogP contribution in [0.5, 0.6) is 0 Å². The summed E-state index contributed by atoms with van der Waals surface area (Å²) in [6.45, 7) is 3.35. The molecule has 0 spiro atoms. The summed E-state index contributed by atoms with van der Waals surface area (Å²) in [5, 5.41) is 2.82. The van der Waals surface area contributed by atoms with Crippen LogP contribution in [0.25, 0.3) is 0 Å². The number of ether oxygens (including phenoxy) is 1. The standard InChI is InChI=1S/C18H25N3O5S/c1-2-21(14-6-9-27(24,25)12-14)18(23)16-10-13(5-7-19-16)17(22)20-11-15-4-3-8-26-15/h5,7,10,14-15H,2-4,6,8-9,11-12H2,1H3,(H,20,22). The van der Waals surface area contributed by atoms with Gasteiger partial charge in [-0.2, -0.15) is 0 Å². The Morgan fingerprint density at radius 2 is 2.19 bits per heavy atom. The number of carbonyl (C=O) groups excluding carboxylic acids is 2. The zero-order valence-electron chi connectivity index (χ0n) is 15.4. The van der Waals surface area contributed by atoms with E-state index in [1.54, 1.807) is 13.0 Å². The largest absolute Gasteiger partial charge is 0.376 e. The Hall–Kier alpha value is -2.00. The van der Waals surface area contributed by atoms with Crippen molar-refractivity contribution in [1.82, 2.24) is 15.2 Å². The molecular formula is C18H25N3O5S. The van der Waals surface area contributed by atoms with Gasteiger partial charge in [-0.15, -0.1) is 0 Å². The SMILES string of the molecule is CCN(C(=O)c1cc(C(=O)NCC2CCCO2)ccn1)C1CCS(=O)(=O)C1. The molecule has 2 fully saturated rings. The fourth-order valence-corrected chi connectivity index (χ4v) is 5.27. The third-order valence-corrected chi connectivity index (χ3v) is 6.76. The zero-order chi connectivity index (χ0) is 19.4. The molecule has 8 nitrogen and oxygen atoms in total. The summed E-state index contributed by atoms with van der Waals surface area (Å²) in [7, 11) is -3.09. The number of sulfone groups is 1. The first-order valence-electron chi connectivity index (χ1n) is 9.27. The number of amides is 2. The van der Waals surface area contributed by atoms with E-state index in [4.69, 9.17) is 4.74 Å². The second kappa shape index (κ2) is 8.35. The summed E-state index contributed by atoms with van der Waals surface area (Å²) >= 11 is 0. The van der Waals surface area contributed by atoms with E-state index in [1.165, 1.54) is 17.2 Å². The molecule has 2 aliphatic heterocycles. The zero-order valence-corrected chi connectivity index (χ0v) is 16.2. The Labute approximate surface area is 159 Å². The summed E-state index contributed by atoms with van der Waals surface area (Å²) in [6.07, 6.45) is 3.82. The van der Waals surface area contributed by atoms with Crippen LogP contribution < -0.4 is 5.32 Å². The van der Waals surface area contributed by atoms with E-state index in [2.05, 4.69) is 10.3 Å². The van der Waals surface area contributed by atoms with Crippen molar-refractivity contribution in [2.75, 3.05) is 31.2 Å². The maximum absolute atomic E-state index is 12.8. The maximum atomic E-state index is 12.8. The molecule has 1 aromatic heterocycles. The summed E-state index contributed by atoms with van der Waals surface area (Å²) in [4.78, 5) is 30.8. The van der Waals surface area contributed by atoms with Gasteiger partial charge in [0.15, 0.2) is 9.84 Å². The molecule has 2 atom stereocenters. The monoisotopic (exact) mass is 395 g/mol. The van der Waals surface area contributed by atoms with Gasteiger partial charge in [0.1, 0.15) is 5.69 Å². The van der Waals surface area contributed by atoms with Crippen LogP contribution >= 0.6 is 0 Å². The molecule has 0 aliphatic carbocycles. The molecule has 148 valence electrons. The van der Waals surface area contributed by atoms with E-state index in [0.717, 1.165) is 19.4 Å². The smallest absolute Gasteiger partial charge is 0.272 e. The molecule has 0 bridgehead atoms. The number of hydrogen-bond acceptors (Lipinski definition) is 6. The second-order valence-electron chi connectivity index (χ2n) is 6.92. The van der Waals surface area contributed by atoms with Crippen molar-refractivity contribution in [3.63, 3.8) is 0 Å². The number of hydrogen-bond donors (Lipinski definition) is 1. The second-order valence-corrected chi connectivity index (χ2v) is 9.15. The predicted octanol–water partition coefficient (Wildman–Crippen LogP) is 0.640. The van der Waals surface area contributed by atoms with Crippen molar-refractivity contribution in [1.29, 1.82) is 0 Å². The van der Waals surface area contributed by atoms with E-state index >= 15 is 0 Å². The van der Waals surface area contributed by atoms with E-state index in [9.17, 15) is 18.0 Å². The van der Waals surface area contributed by atoms with Crippen molar-refractivity contribution >= 4 is 21.7 Å². The summed E-state index contributed by atoms with van der Waals surface area (Å²) in [6, 6.07) is 2.67. The van der Waals surface area contributed by atoms with Gasteiger partial charge >= 0.3 is 0 Å². The average molecular weight is 395 g/mol. The minimum Gasteiger partial charge on any atom is -0.376 e. The molecule has 2 aliphatic rings. The van der Waals surface area contributed by atoms with Gasteiger partial charge in [-0.05, 0) is 38.3 Å². The topological polar surface area (TPSA) is 106 Å². The summed E-state index contributed by atoms with van der Waals surface area (Å²) in [5.74, 6) is -0.559. The number of nitrogens with zero attached hydrogens (tertiary/aromatic N) is 2. The highest BCUT2D eigenvalue weighted by molar-refractivity contribution is 7.91. The number of aromatic nitrogens is 1. The molecule has 0 aromatic carbocycles. The van der Waals surface area contributed by atoms with Crippen molar-refractivity contribution in [2.45, 2.75) is 38.3 Å². The first-order chi connectivity index (χ1) is 12.9. The molecule has 9 heteroatoms. The van der Waals surface area contributed by atoms with Crippen LogP contribution in [0.2, 0.25) is 0 Å². The molecule has 0 radical (unpaired) electrons. The molecule has 2 amide bonds. The lowest BCUT2D eigenvalue weighted by atomic mass is 10.1. The summed E-state index contributed by atoms with van der Waals surface area (Å²) in [5.41, 5.74) is 0.493. The highest BCUT2D eigenvalue weighted by Crippen LogP contribution is 2.19. The van der Waals surface area contributed by atoms with Gasteiger partial charge in [0.25, 0.3) is 11.8 Å². The molecule has 3 heterocycles. The normalized spacial score (nSPS) is 23.9. The Bertz CT molecular complexity index is 805. The molecular weight excluding hydrogens is 370 g/mol. The van der Waals surface area contributed by atoms with Crippen LogP contribution in [-0.4, -0.2) is 73.5 Å². The van der Waals surface area contributed by atoms with E-state index in [0.29, 0.717) is 25.1 Å². The minimum atomic E-state index is -3.09. The molecule has 2 saturated heterocycles. The fraction of sp³-hybridized carbons (Fsp3) is 0.611. The molecule has 2 unspecified atom stereocenters. The van der Waals surface area contributed by atoms with Gasteiger partial charge in [-0.1, -0.05) is 0 Å². The lowest BCUT2D eigenvalue weighted by Crippen LogP contribution is -2.41. The van der Waals surface area contributed by atoms with Gasteiger partial charge in [0.2, 0.25) is 0 Å². The third-order valence-electron chi connectivity index (χ3n) is 5.01. The number of pyridine rings is 1. The van der Waals surface area contributed by atoms with Gasteiger partial charge in [-0.25, -0.2) is 8.42 Å². The highest BCUT2D eigenvalue weighted by Gasteiger charge is 2.34. The lowest BCUT2D eigenvalue weighted by molar-refractivity contribution is 0.0702. The van der Waals surface area contributed by atoms with E-state index < -0.39 is 9.84 Å². The quantitative estimate of drug-likeness (QED) is 0.758. The van der Waals surface area contributed by atoms with Crippen LogP contribution in [0.15, 0.2) is 18.3 Å². The first kappa shape index (κ1) is 19.8. The van der Waals surface area contributed by atoms with Gasteiger partial charge in [0.05, 0.1) is 17.6 Å². The number of carbonyl (C=O) groups is 2.